The van der Waals surface area contributed by atoms with E-state index in [4.69, 9.17) is 14.7 Å². The van der Waals surface area contributed by atoms with Gasteiger partial charge in [0.1, 0.15) is 18.5 Å². The zero-order valence-electron chi connectivity index (χ0n) is 15.3. The van der Waals surface area contributed by atoms with E-state index >= 15 is 0 Å². The number of nitriles is 1. The maximum Gasteiger partial charge on any atom is 0.272 e. The Morgan fingerprint density at radius 1 is 1.44 bits per heavy atom. The largest absolute Gasteiger partial charge is 0.491 e. The highest BCUT2D eigenvalue weighted by Crippen LogP contribution is 2.27. The van der Waals surface area contributed by atoms with E-state index in [0.29, 0.717) is 30.2 Å². The van der Waals surface area contributed by atoms with Gasteiger partial charge in [-0.2, -0.15) is 10.4 Å². The summed E-state index contributed by atoms with van der Waals surface area (Å²) in [6.45, 7) is 3.30. The summed E-state index contributed by atoms with van der Waals surface area (Å²) in [7, 11) is 0. The number of ether oxygens (including phenoxy) is 2. The van der Waals surface area contributed by atoms with Gasteiger partial charge in [0, 0.05) is 19.0 Å². The molecule has 1 aromatic carbocycles. The summed E-state index contributed by atoms with van der Waals surface area (Å²) < 4.78 is 13.4. The number of hydrogen-bond acceptors (Lipinski definition) is 5. The van der Waals surface area contributed by atoms with Crippen LogP contribution in [0, 0.1) is 11.3 Å². The van der Waals surface area contributed by atoms with E-state index in [9.17, 15) is 4.79 Å². The van der Waals surface area contributed by atoms with Crippen molar-refractivity contribution < 1.29 is 14.3 Å². The zero-order chi connectivity index (χ0) is 18.8. The average molecular weight is 366 g/mol. The van der Waals surface area contributed by atoms with Crippen molar-refractivity contribution in [1.29, 1.82) is 5.26 Å². The summed E-state index contributed by atoms with van der Waals surface area (Å²) in [5, 5.41) is 16.4. The molecule has 0 saturated carbocycles. The molecule has 3 heterocycles. The van der Waals surface area contributed by atoms with Crippen molar-refractivity contribution in [2.45, 2.75) is 51.3 Å². The number of aromatic nitrogens is 2. The maximum atomic E-state index is 12.6. The number of nitrogens with zero attached hydrogens (tertiary/aromatic N) is 3. The van der Waals surface area contributed by atoms with Gasteiger partial charge in [0.25, 0.3) is 5.91 Å². The number of nitrogens with one attached hydrogen (secondary N) is 1. The fourth-order valence-corrected chi connectivity index (χ4v) is 3.60. The molecule has 1 amide bonds. The smallest absolute Gasteiger partial charge is 0.272 e. The molecule has 2 aliphatic rings. The minimum atomic E-state index is -0.235. The minimum absolute atomic E-state index is 0.161. The molecule has 7 heteroatoms. The number of carbonyl (C=O) groups excluding carboxylic acids is 1. The van der Waals surface area contributed by atoms with Crippen LogP contribution in [0.5, 0.6) is 11.6 Å². The first-order valence-electron chi connectivity index (χ1n) is 9.37. The second-order valence-electron chi connectivity index (χ2n) is 7.03. The van der Waals surface area contributed by atoms with Crippen LogP contribution in [-0.2, 0) is 13.0 Å². The Morgan fingerprint density at radius 3 is 3.15 bits per heavy atom. The Hall–Kier alpha value is -3.01. The average Bonchev–Trinajstić information content (AvgIpc) is 3.11. The van der Waals surface area contributed by atoms with Gasteiger partial charge in [-0.25, -0.2) is 4.68 Å². The van der Waals surface area contributed by atoms with Crippen LogP contribution >= 0.6 is 0 Å². The molecule has 0 spiro atoms. The van der Waals surface area contributed by atoms with E-state index in [-0.39, 0.29) is 18.1 Å². The van der Waals surface area contributed by atoms with Gasteiger partial charge in [0.2, 0.25) is 5.88 Å². The van der Waals surface area contributed by atoms with E-state index < -0.39 is 0 Å². The second kappa shape index (κ2) is 7.31. The Kier molecular flexibility index (Phi) is 4.71. The number of benzene rings is 1. The van der Waals surface area contributed by atoms with Crippen LogP contribution in [0.2, 0.25) is 0 Å². The van der Waals surface area contributed by atoms with Crippen molar-refractivity contribution in [2.75, 3.05) is 6.61 Å². The number of aryl methyl sites for hydroxylation is 1. The lowest BCUT2D eigenvalue weighted by molar-refractivity contribution is 0.0909. The molecular formula is C20H22N4O3. The van der Waals surface area contributed by atoms with Crippen LogP contribution in [0.25, 0.3) is 0 Å². The van der Waals surface area contributed by atoms with Crippen LogP contribution < -0.4 is 14.8 Å². The van der Waals surface area contributed by atoms with Gasteiger partial charge in [0.15, 0.2) is 5.69 Å². The molecule has 7 nitrogen and oxygen atoms in total. The number of hydrogen-bond donors (Lipinski definition) is 1. The van der Waals surface area contributed by atoms with E-state index in [1.54, 1.807) is 22.9 Å². The predicted octanol–water partition coefficient (Wildman–Crippen LogP) is 2.44. The third-order valence-electron chi connectivity index (χ3n) is 4.97. The Bertz CT molecular complexity index is 899. The van der Waals surface area contributed by atoms with Gasteiger partial charge in [0.05, 0.1) is 17.7 Å². The minimum Gasteiger partial charge on any atom is -0.491 e. The van der Waals surface area contributed by atoms with Crippen LogP contribution in [0.4, 0.5) is 0 Å². The first-order chi connectivity index (χ1) is 13.2. The van der Waals surface area contributed by atoms with Gasteiger partial charge in [-0.05, 0) is 36.6 Å². The number of fused-ring (bicyclic) bond motifs is 2. The number of amides is 1. The SMILES string of the molecule is CCC[C@H]1CCn2nc(C(=O)N[C@H]3COc4ccc(C#N)cc4C3)cc2O1. The van der Waals surface area contributed by atoms with E-state index in [1.165, 1.54) is 0 Å². The molecule has 0 unspecified atom stereocenters. The summed E-state index contributed by atoms with van der Waals surface area (Å²) in [5.41, 5.74) is 1.88. The van der Waals surface area contributed by atoms with Crippen molar-refractivity contribution in [3.8, 4) is 17.7 Å². The fraction of sp³-hybridized carbons (Fsp3) is 0.450. The summed E-state index contributed by atoms with van der Waals surface area (Å²) in [6.07, 6.45) is 3.82. The normalized spacial score (nSPS) is 20.4. The van der Waals surface area contributed by atoms with Gasteiger partial charge in [-0.1, -0.05) is 13.3 Å². The molecule has 2 atom stereocenters. The summed E-state index contributed by atoms with van der Waals surface area (Å²) in [5.74, 6) is 1.20. The molecule has 0 bridgehead atoms. The van der Waals surface area contributed by atoms with Crippen molar-refractivity contribution in [1.82, 2.24) is 15.1 Å². The van der Waals surface area contributed by atoms with Crippen molar-refractivity contribution >= 4 is 5.91 Å². The molecular weight excluding hydrogens is 344 g/mol. The zero-order valence-corrected chi connectivity index (χ0v) is 15.3. The van der Waals surface area contributed by atoms with Crippen molar-refractivity contribution in [3.63, 3.8) is 0 Å². The quantitative estimate of drug-likeness (QED) is 0.898. The first kappa shape index (κ1) is 17.4. The molecule has 1 aromatic heterocycles. The third-order valence-corrected chi connectivity index (χ3v) is 4.97. The van der Waals surface area contributed by atoms with Gasteiger partial charge in [-0.15, -0.1) is 0 Å². The van der Waals surface area contributed by atoms with E-state index in [1.807, 2.05) is 6.07 Å². The fourth-order valence-electron chi connectivity index (χ4n) is 3.60. The Morgan fingerprint density at radius 2 is 2.33 bits per heavy atom. The maximum absolute atomic E-state index is 12.6. The lowest BCUT2D eigenvalue weighted by Crippen LogP contribution is -2.42. The van der Waals surface area contributed by atoms with Crippen LogP contribution in [0.1, 0.15) is 47.8 Å². The molecule has 140 valence electrons. The summed E-state index contributed by atoms with van der Waals surface area (Å²) in [6, 6.07) is 9.03. The summed E-state index contributed by atoms with van der Waals surface area (Å²) >= 11 is 0. The highest BCUT2D eigenvalue weighted by Gasteiger charge is 2.26. The Labute approximate surface area is 157 Å². The number of carbonyl (C=O) groups is 1. The van der Waals surface area contributed by atoms with Crippen LogP contribution in [-0.4, -0.2) is 34.4 Å². The lowest BCUT2D eigenvalue weighted by atomic mass is 10.0. The van der Waals surface area contributed by atoms with Gasteiger partial charge in [-0.3, -0.25) is 4.79 Å². The topological polar surface area (TPSA) is 89.2 Å². The second-order valence-corrected chi connectivity index (χ2v) is 7.03. The lowest BCUT2D eigenvalue weighted by Gasteiger charge is -2.25. The molecule has 27 heavy (non-hydrogen) atoms. The van der Waals surface area contributed by atoms with E-state index in [2.05, 4.69) is 23.4 Å². The molecule has 4 rings (SSSR count). The third kappa shape index (κ3) is 3.61. The molecule has 0 radical (unpaired) electrons. The molecule has 1 N–H and O–H groups in total. The molecule has 0 aliphatic carbocycles. The van der Waals surface area contributed by atoms with Crippen LogP contribution in [0.15, 0.2) is 24.3 Å². The Balaban J connectivity index is 1.42. The molecule has 2 aromatic rings. The molecule has 0 saturated heterocycles. The van der Waals surface area contributed by atoms with Crippen LogP contribution in [0.3, 0.4) is 0 Å². The van der Waals surface area contributed by atoms with Crippen molar-refractivity contribution in [2.24, 2.45) is 0 Å². The first-order valence-corrected chi connectivity index (χ1v) is 9.37. The number of rotatable bonds is 4. The predicted molar refractivity (Wildman–Crippen MR) is 97.8 cm³/mol. The molecule has 2 aliphatic heterocycles. The molecule has 0 fully saturated rings. The standard InChI is InChI=1S/C20H22N4O3/c1-2-3-16-6-7-24-19(27-16)10-17(23-24)20(25)22-15-9-14-8-13(11-21)4-5-18(14)26-12-15/h4-5,8,10,15-16H,2-3,6-7,9,12H2,1H3,(H,22,25)/t15-,16+/m1/s1. The van der Waals surface area contributed by atoms with E-state index in [0.717, 1.165) is 37.1 Å². The van der Waals surface area contributed by atoms with Crippen molar-refractivity contribution in [3.05, 3.63) is 41.1 Å². The van der Waals surface area contributed by atoms with Gasteiger partial charge >= 0.3 is 0 Å². The monoisotopic (exact) mass is 366 g/mol. The van der Waals surface area contributed by atoms with Gasteiger partial charge < -0.3 is 14.8 Å². The highest BCUT2D eigenvalue weighted by molar-refractivity contribution is 5.92. The highest BCUT2D eigenvalue weighted by atomic mass is 16.5. The summed E-state index contributed by atoms with van der Waals surface area (Å²) in [4.78, 5) is 12.6.